The molecule has 2 aliphatic rings. The average Bonchev–Trinajstić information content (AvgIpc) is 2.69. The number of hydrogen-bond donors (Lipinski definition) is 1. The summed E-state index contributed by atoms with van der Waals surface area (Å²) in [6.45, 7) is 4.80. The van der Waals surface area contributed by atoms with Crippen molar-refractivity contribution >= 4 is 15.9 Å². The molecule has 0 radical (unpaired) electrons. The lowest BCUT2D eigenvalue weighted by Crippen LogP contribution is -2.52. The van der Waals surface area contributed by atoms with Crippen LogP contribution in [0.5, 0.6) is 0 Å². The molecule has 1 aromatic carbocycles. The number of hydrazine groups is 1. The summed E-state index contributed by atoms with van der Waals surface area (Å²) >= 11 is 0. The van der Waals surface area contributed by atoms with Crippen molar-refractivity contribution in [1.82, 2.24) is 19.6 Å². The summed E-state index contributed by atoms with van der Waals surface area (Å²) in [6.07, 6.45) is 3.95. The SMILES string of the molecule is CN1CCN(NC(=O)CCc2ccc(S(=O)(=O)N3CCCCC3)cc2)CC1. The largest absolute Gasteiger partial charge is 0.304 e. The van der Waals surface area contributed by atoms with E-state index in [9.17, 15) is 13.2 Å². The van der Waals surface area contributed by atoms with Gasteiger partial charge in [0.2, 0.25) is 15.9 Å². The molecule has 0 saturated carbocycles. The number of amides is 1. The number of carbonyl (C=O) groups is 1. The van der Waals surface area contributed by atoms with Crippen molar-refractivity contribution < 1.29 is 13.2 Å². The van der Waals surface area contributed by atoms with Crippen molar-refractivity contribution in [3.05, 3.63) is 29.8 Å². The third-order valence-corrected chi connectivity index (χ3v) is 7.22. The number of piperidine rings is 1. The quantitative estimate of drug-likeness (QED) is 0.781. The lowest BCUT2D eigenvalue weighted by molar-refractivity contribution is -0.126. The molecule has 0 atom stereocenters. The standard InChI is InChI=1S/C19H30N4O3S/c1-21-13-15-22(16-14-21)20-19(24)10-7-17-5-8-18(9-6-17)27(25,26)23-11-3-2-4-12-23/h5-6,8-9H,2-4,7,10-16H2,1H3,(H,20,24). The van der Waals surface area contributed by atoms with E-state index in [1.54, 1.807) is 16.4 Å². The Morgan fingerprint density at radius 3 is 2.22 bits per heavy atom. The number of piperazine rings is 1. The third kappa shape index (κ3) is 5.51. The minimum atomic E-state index is -3.39. The van der Waals surface area contributed by atoms with Crippen LogP contribution in [0.2, 0.25) is 0 Å². The molecule has 27 heavy (non-hydrogen) atoms. The van der Waals surface area contributed by atoms with E-state index in [-0.39, 0.29) is 5.91 Å². The van der Waals surface area contributed by atoms with Crippen molar-refractivity contribution in [2.24, 2.45) is 0 Å². The van der Waals surface area contributed by atoms with Gasteiger partial charge in [0, 0.05) is 45.7 Å². The summed E-state index contributed by atoms with van der Waals surface area (Å²) in [7, 11) is -1.31. The van der Waals surface area contributed by atoms with Gasteiger partial charge in [-0.25, -0.2) is 13.4 Å². The molecule has 3 rings (SSSR count). The number of hydrogen-bond acceptors (Lipinski definition) is 5. The molecule has 7 nitrogen and oxygen atoms in total. The molecule has 2 fully saturated rings. The molecule has 2 heterocycles. The highest BCUT2D eigenvalue weighted by Crippen LogP contribution is 2.21. The van der Waals surface area contributed by atoms with Crippen LogP contribution in [0.3, 0.4) is 0 Å². The van der Waals surface area contributed by atoms with Crippen molar-refractivity contribution in [2.75, 3.05) is 46.3 Å². The summed E-state index contributed by atoms with van der Waals surface area (Å²) in [6, 6.07) is 6.97. The summed E-state index contributed by atoms with van der Waals surface area (Å²) in [5.41, 5.74) is 3.93. The van der Waals surface area contributed by atoms with Gasteiger partial charge >= 0.3 is 0 Å². The monoisotopic (exact) mass is 394 g/mol. The number of likely N-dealkylation sites (N-methyl/N-ethyl adjacent to an activating group) is 1. The lowest BCUT2D eigenvalue weighted by atomic mass is 10.1. The maximum atomic E-state index is 12.7. The first kappa shape index (κ1) is 20.3. The van der Waals surface area contributed by atoms with Gasteiger partial charge < -0.3 is 4.90 Å². The van der Waals surface area contributed by atoms with Crippen molar-refractivity contribution in [2.45, 2.75) is 37.0 Å². The Labute approximate surface area is 162 Å². The molecular formula is C19H30N4O3S. The average molecular weight is 395 g/mol. The normalized spacial score (nSPS) is 20.5. The Morgan fingerprint density at radius 2 is 1.59 bits per heavy atom. The molecule has 1 N–H and O–H groups in total. The molecular weight excluding hydrogens is 364 g/mol. The minimum absolute atomic E-state index is 0.00423. The molecule has 2 aliphatic heterocycles. The predicted octanol–water partition coefficient (Wildman–Crippen LogP) is 1.07. The molecule has 0 bridgehead atoms. The van der Waals surface area contributed by atoms with Crippen LogP contribution >= 0.6 is 0 Å². The molecule has 150 valence electrons. The van der Waals surface area contributed by atoms with Crippen molar-refractivity contribution in [3.8, 4) is 0 Å². The molecule has 0 aliphatic carbocycles. The molecule has 0 unspecified atom stereocenters. The smallest absolute Gasteiger partial charge is 0.243 e. The fourth-order valence-electron chi connectivity index (χ4n) is 3.49. The van der Waals surface area contributed by atoms with E-state index in [4.69, 9.17) is 0 Å². The van der Waals surface area contributed by atoms with Crippen molar-refractivity contribution in [3.63, 3.8) is 0 Å². The van der Waals surface area contributed by atoms with Gasteiger partial charge in [-0.1, -0.05) is 18.6 Å². The Kier molecular flexibility index (Phi) is 6.86. The number of rotatable bonds is 6. The Morgan fingerprint density at radius 1 is 0.963 bits per heavy atom. The van der Waals surface area contributed by atoms with E-state index in [0.29, 0.717) is 30.8 Å². The van der Waals surface area contributed by atoms with E-state index in [2.05, 4.69) is 17.4 Å². The van der Waals surface area contributed by atoms with Gasteiger partial charge in [0.15, 0.2) is 0 Å². The molecule has 0 spiro atoms. The van der Waals surface area contributed by atoms with Gasteiger partial charge in [-0.2, -0.15) is 4.31 Å². The predicted molar refractivity (Wildman–Crippen MR) is 105 cm³/mol. The number of aryl methyl sites for hydroxylation is 1. The fourth-order valence-corrected chi connectivity index (χ4v) is 5.01. The highest BCUT2D eigenvalue weighted by molar-refractivity contribution is 7.89. The van der Waals surface area contributed by atoms with E-state index in [1.165, 1.54) is 0 Å². The zero-order valence-electron chi connectivity index (χ0n) is 16.1. The highest BCUT2D eigenvalue weighted by Gasteiger charge is 2.25. The topological polar surface area (TPSA) is 73.0 Å². The second kappa shape index (κ2) is 9.14. The van der Waals surface area contributed by atoms with Gasteiger partial charge in [-0.15, -0.1) is 0 Å². The maximum Gasteiger partial charge on any atom is 0.243 e. The molecule has 8 heteroatoms. The van der Waals surface area contributed by atoms with Crippen LogP contribution in [0, 0.1) is 0 Å². The van der Waals surface area contributed by atoms with Crippen LogP contribution in [0.15, 0.2) is 29.2 Å². The molecule has 1 aromatic rings. The second-order valence-corrected chi connectivity index (χ2v) is 9.37. The Bertz CT molecular complexity index is 722. The fraction of sp³-hybridized carbons (Fsp3) is 0.632. The lowest BCUT2D eigenvalue weighted by Gasteiger charge is -2.32. The van der Waals surface area contributed by atoms with Gasteiger partial charge in [-0.3, -0.25) is 10.2 Å². The van der Waals surface area contributed by atoms with Crippen LogP contribution in [-0.4, -0.2) is 74.9 Å². The van der Waals surface area contributed by atoms with Crippen LogP contribution in [0.1, 0.15) is 31.2 Å². The first-order valence-electron chi connectivity index (χ1n) is 9.77. The molecule has 0 aromatic heterocycles. The zero-order chi connectivity index (χ0) is 19.3. The maximum absolute atomic E-state index is 12.7. The van der Waals surface area contributed by atoms with Crippen molar-refractivity contribution in [1.29, 1.82) is 0 Å². The van der Waals surface area contributed by atoms with Gasteiger partial charge in [-0.05, 0) is 44.0 Å². The highest BCUT2D eigenvalue weighted by atomic mass is 32.2. The molecule has 1 amide bonds. The zero-order valence-corrected chi connectivity index (χ0v) is 16.9. The summed E-state index contributed by atoms with van der Waals surface area (Å²) in [5, 5.41) is 1.97. The van der Waals surface area contributed by atoms with Gasteiger partial charge in [0.1, 0.15) is 0 Å². The number of carbonyl (C=O) groups excluding carboxylic acids is 1. The van der Waals surface area contributed by atoms with E-state index in [1.807, 2.05) is 17.1 Å². The number of sulfonamides is 1. The number of nitrogens with one attached hydrogen (secondary N) is 1. The van der Waals surface area contributed by atoms with E-state index in [0.717, 1.165) is 51.0 Å². The van der Waals surface area contributed by atoms with Gasteiger partial charge in [0.25, 0.3) is 0 Å². The second-order valence-electron chi connectivity index (χ2n) is 7.43. The first-order chi connectivity index (χ1) is 12.9. The summed E-state index contributed by atoms with van der Waals surface area (Å²) in [4.78, 5) is 14.7. The van der Waals surface area contributed by atoms with Crippen LogP contribution < -0.4 is 5.43 Å². The van der Waals surface area contributed by atoms with E-state index < -0.39 is 10.0 Å². The third-order valence-electron chi connectivity index (χ3n) is 5.30. The minimum Gasteiger partial charge on any atom is -0.304 e. The number of nitrogens with zero attached hydrogens (tertiary/aromatic N) is 3. The summed E-state index contributed by atoms with van der Waals surface area (Å²) in [5.74, 6) is 0.00423. The van der Waals surface area contributed by atoms with Gasteiger partial charge in [0.05, 0.1) is 4.90 Å². The number of benzene rings is 1. The Hall–Kier alpha value is -1.48. The molecule has 2 saturated heterocycles. The van der Waals surface area contributed by atoms with Crippen LogP contribution in [0.4, 0.5) is 0 Å². The Balaban J connectivity index is 1.49. The van der Waals surface area contributed by atoms with E-state index >= 15 is 0 Å². The van der Waals surface area contributed by atoms with Crippen LogP contribution in [0.25, 0.3) is 0 Å². The summed E-state index contributed by atoms with van der Waals surface area (Å²) < 4.78 is 26.9. The first-order valence-corrected chi connectivity index (χ1v) is 11.2. The van der Waals surface area contributed by atoms with Crippen LogP contribution in [-0.2, 0) is 21.2 Å².